The van der Waals surface area contributed by atoms with Crippen molar-refractivity contribution in [2.24, 2.45) is 5.92 Å². The largest absolute Gasteiger partial charge is 0.307 e. The third-order valence-electron chi connectivity index (χ3n) is 3.77. The lowest BCUT2D eigenvalue weighted by Gasteiger charge is -2.22. The molecule has 0 fully saturated rings. The second-order valence-corrected chi connectivity index (χ2v) is 8.30. The van der Waals surface area contributed by atoms with E-state index in [0.29, 0.717) is 16.9 Å². The van der Waals surface area contributed by atoms with Gasteiger partial charge in [0.2, 0.25) is 5.91 Å². The molecule has 26 heavy (non-hydrogen) atoms. The second-order valence-electron chi connectivity index (χ2n) is 7.94. The molecule has 1 N–H and O–H groups in total. The van der Waals surface area contributed by atoms with Gasteiger partial charge in [-0.25, -0.2) is 4.68 Å². The lowest BCUT2D eigenvalue weighted by Crippen LogP contribution is -2.26. The number of rotatable bonds is 5. The Hall–Kier alpha value is -2.08. The van der Waals surface area contributed by atoms with Crippen LogP contribution in [-0.4, -0.2) is 25.5 Å². The van der Waals surface area contributed by atoms with Crippen LogP contribution >= 0.6 is 11.6 Å². The number of nitrogens with zero attached hydrogens (tertiary/aromatic N) is 4. The maximum absolute atomic E-state index is 12.4. The van der Waals surface area contributed by atoms with Crippen LogP contribution in [0.4, 0.5) is 5.82 Å². The summed E-state index contributed by atoms with van der Waals surface area (Å²) in [5.41, 5.74) is 2.20. The van der Waals surface area contributed by atoms with Crippen molar-refractivity contribution in [3.63, 3.8) is 0 Å². The van der Waals surface area contributed by atoms with Gasteiger partial charge >= 0.3 is 0 Å². The Balaban J connectivity index is 2.18. The number of anilines is 1. The number of halogens is 1. The molecule has 0 saturated carbocycles. The van der Waals surface area contributed by atoms with Crippen molar-refractivity contribution in [3.8, 4) is 0 Å². The van der Waals surface area contributed by atoms with E-state index < -0.39 is 0 Å². The molecule has 0 radical (unpaired) electrons. The molecule has 2 heterocycles. The number of hydrogen-bond donors (Lipinski definition) is 1. The molecule has 2 aromatic heterocycles. The maximum atomic E-state index is 12.4. The molecule has 2 rings (SSSR count). The summed E-state index contributed by atoms with van der Waals surface area (Å²) in [7, 11) is 0. The Bertz CT molecular complexity index is 824. The van der Waals surface area contributed by atoms with Crippen LogP contribution in [0, 0.1) is 19.8 Å². The van der Waals surface area contributed by atoms with Gasteiger partial charge in [-0.3, -0.25) is 9.48 Å². The van der Waals surface area contributed by atoms with Crippen molar-refractivity contribution in [2.75, 3.05) is 5.32 Å². The van der Waals surface area contributed by atoms with Gasteiger partial charge in [0, 0.05) is 24.3 Å². The van der Waals surface area contributed by atoms with Crippen LogP contribution in [0.1, 0.15) is 51.6 Å². The Labute approximate surface area is 160 Å². The Morgan fingerprint density at radius 1 is 1.31 bits per heavy atom. The Morgan fingerprint density at radius 2 is 1.96 bits per heavy atom. The average molecular weight is 378 g/mol. The minimum Gasteiger partial charge on any atom is -0.307 e. The highest BCUT2D eigenvalue weighted by Gasteiger charge is 2.19. The topological polar surface area (TPSA) is 64.7 Å². The van der Waals surface area contributed by atoms with E-state index in [1.807, 2.05) is 45.4 Å². The smallest absolute Gasteiger partial charge is 0.249 e. The van der Waals surface area contributed by atoms with Gasteiger partial charge < -0.3 is 5.32 Å². The number of amides is 1. The van der Waals surface area contributed by atoms with Crippen LogP contribution in [0.15, 0.2) is 12.1 Å². The number of aromatic nitrogens is 4. The average Bonchev–Trinajstić information content (AvgIpc) is 2.97. The summed E-state index contributed by atoms with van der Waals surface area (Å²) in [6.07, 6.45) is 3.19. The standard InChI is InChI=1S/C19H28ClN5O/c1-12(2)11-24-18(20)15(14(4)23-24)8-9-17(26)21-16-10-13(3)22-25(16)19(5,6)7/h8-10,12H,11H2,1-7H3,(H,21,26)/b9-8+. The van der Waals surface area contributed by atoms with Crippen LogP contribution in [0.2, 0.25) is 5.15 Å². The molecule has 0 atom stereocenters. The first-order valence-electron chi connectivity index (χ1n) is 8.78. The zero-order valence-corrected chi connectivity index (χ0v) is 17.3. The molecule has 0 bridgehead atoms. The monoisotopic (exact) mass is 377 g/mol. The Morgan fingerprint density at radius 3 is 2.54 bits per heavy atom. The molecule has 142 valence electrons. The number of carbonyl (C=O) groups is 1. The van der Waals surface area contributed by atoms with Gasteiger partial charge in [-0.15, -0.1) is 0 Å². The van der Waals surface area contributed by atoms with E-state index in [0.717, 1.165) is 23.5 Å². The van der Waals surface area contributed by atoms with Gasteiger partial charge in [0.15, 0.2) is 0 Å². The van der Waals surface area contributed by atoms with Crippen molar-refractivity contribution in [3.05, 3.63) is 34.2 Å². The lowest BCUT2D eigenvalue weighted by atomic mass is 10.1. The van der Waals surface area contributed by atoms with Crippen LogP contribution in [-0.2, 0) is 16.9 Å². The van der Waals surface area contributed by atoms with E-state index in [2.05, 4.69) is 29.4 Å². The summed E-state index contributed by atoms with van der Waals surface area (Å²) < 4.78 is 3.59. The van der Waals surface area contributed by atoms with E-state index >= 15 is 0 Å². The maximum Gasteiger partial charge on any atom is 0.249 e. The van der Waals surface area contributed by atoms with Crippen LogP contribution in [0.25, 0.3) is 6.08 Å². The van der Waals surface area contributed by atoms with E-state index in [9.17, 15) is 4.79 Å². The molecular weight excluding hydrogens is 350 g/mol. The fourth-order valence-electron chi connectivity index (χ4n) is 2.65. The van der Waals surface area contributed by atoms with Crippen molar-refractivity contribution >= 4 is 29.4 Å². The highest BCUT2D eigenvalue weighted by atomic mass is 35.5. The molecule has 7 heteroatoms. The first-order valence-corrected chi connectivity index (χ1v) is 9.16. The van der Waals surface area contributed by atoms with Gasteiger partial charge in [0.05, 0.1) is 16.9 Å². The summed E-state index contributed by atoms with van der Waals surface area (Å²) >= 11 is 6.41. The predicted molar refractivity (Wildman–Crippen MR) is 106 cm³/mol. The van der Waals surface area contributed by atoms with Crippen LogP contribution < -0.4 is 5.32 Å². The normalized spacial score (nSPS) is 12.3. The number of nitrogens with one attached hydrogen (secondary N) is 1. The van der Waals surface area contributed by atoms with Gasteiger partial charge in [-0.2, -0.15) is 10.2 Å². The van der Waals surface area contributed by atoms with E-state index in [1.54, 1.807) is 10.8 Å². The molecule has 0 saturated heterocycles. The Kier molecular flexibility index (Phi) is 5.96. The third-order valence-corrected chi connectivity index (χ3v) is 4.17. The molecule has 2 aromatic rings. The molecule has 0 unspecified atom stereocenters. The summed E-state index contributed by atoms with van der Waals surface area (Å²) in [6, 6.07) is 1.86. The fourth-order valence-corrected chi connectivity index (χ4v) is 2.96. The van der Waals surface area contributed by atoms with Gasteiger partial charge in [-0.1, -0.05) is 25.4 Å². The first-order chi connectivity index (χ1) is 12.0. The third kappa shape index (κ3) is 4.75. The number of hydrogen-bond acceptors (Lipinski definition) is 3. The minimum absolute atomic E-state index is 0.224. The van der Waals surface area contributed by atoms with Crippen LogP contribution in [0.3, 0.4) is 0 Å². The molecule has 0 aliphatic carbocycles. The molecule has 0 spiro atoms. The van der Waals surface area contributed by atoms with Crippen molar-refractivity contribution in [1.82, 2.24) is 19.6 Å². The van der Waals surface area contributed by atoms with Gasteiger partial charge in [-0.05, 0) is 46.6 Å². The van der Waals surface area contributed by atoms with E-state index in [-0.39, 0.29) is 11.4 Å². The van der Waals surface area contributed by atoms with Crippen LogP contribution in [0.5, 0.6) is 0 Å². The molecule has 0 aromatic carbocycles. The zero-order valence-electron chi connectivity index (χ0n) is 16.6. The van der Waals surface area contributed by atoms with Gasteiger partial charge in [0.25, 0.3) is 0 Å². The zero-order chi connectivity index (χ0) is 19.6. The first kappa shape index (κ1) is 20.2. The SMILES string of the molecule is Cc1cc(NC(=O)/C=C/c2c(C)nn(CC(C)C)c2Cl)n(C(C)(C)C)n1. The minimum atomic E-state index is -0.234. The summed E-state index contributed by atoms with van der Waals surface area (Å²) in [5.74, 6) is 0.873. The van der Waals surface area contributed by atoms with E-state index in [4.69, 9.17) is 11.6 Å². The number of carbonyl (C=O) groups excluding carboxylic acids is 1. The summed E-state index contributed by atoms with van der Waals surface area (Å²) in [5, 5.41) is 12.3. The molecule has 0 aliphatic heterocycles. The second kappa shape index (κ2) is 7.66. The predicted octanol–water partition coefficient (Wildman–Crippen LogP) is 4.41. The van der Waals surface area contributed by atoms with E-state index in [1.165, 1.54) is 6.08 Å². The quantitative estimate of drug-likeness (QED) is 0.784. The van der Waals surface area contributed by atoms with Crippen molar-refractivity contribution < 1.29 is 4.79 Å². The molecule has 0 aliphatic rings. The van der Waals surface area contributed by atoms with Crippen molar-refractivity contribution in [1.29, 1.82) is 0 Å². The molecular formula is C19H28ClN5O. The fraction of sp³-hybridized carbons (Fsp3) is 0.526. The highest BCUT2D eigenvalue weighted by Crippen LogP contribution is 2.23. The molecule has 6 nitrogen and oxygen atoms in total. The van der Waals surface area contributed by atoms with Crippen molar-refractivity contribution in [2.45, 2.75) is 60.5 Å². The highest BCUT2D eigenvalue weighted by molar-refractivity contribution is 6.31. The molecule has 1 amide bonds. The summed E-state index contributed by atoms with van der Waals surface area (Å²) in [4.78, 5) is 12.4. The summed E-state index contributed by atoms with van der Waals surface area (Å²) in [6.45, 7) is 14.9. The van der Waals surface area contributed by atoms with Gasteiger partial charge in [0.1, 0.15) is 11.0 Å². The number of aryl methyl sites for hydroxylation is 2. The lowest BCUT2D eigenvalue weighted by molar-refractivity contribution is -0.111.